The number of nitrogens with one attached hydrogen (secondary N) is 1. The lowest BCUT2D eigenvalue weighted by atomic mass is 9.96. The van der Waals surface area contributed by atoms with E-state index in [0.29, 0.717) is 13.0 Å². The van der Waals surface area contributed by atoms with Crippen molar-refractivity contribution in [1.82, 2.24) is 24.9 Å². The second-order valence-electron chi connectivity index (χ2n) is 7.12. The highest BCUT2D eigenvalue weighted by molar-refractivity contribution is 14.0. The molecular weight excluding hydrogens is 474 g/mol. The van der Waals surface area contributed by atoms with Crippen molar-refractivity contribution in [2.24, 2.45) is 10.9 Å². The summed E-state index contributed by atoms with van der Waals surface area (Å²) in [7, 11) is 3.84. The summed E-state index contributed by atoms with van der Waals surface area (Å²) < 4.78 is 14.9. The van der Waals surface area contributed by atoms with Crippen LogP contribution in [0.15, 0.2) is 41.7 Å². The van der Waals surface area contributed by atoms with Crippen LogP contribution in [-0.4, -0.2) is 65.2 Å². The third-order valence-electron chi connectivity index (χ3n) is 5.31. The predicted molar refractivity (Wildman–Crippen MR) is 115 cm³/mol. The maximum Gasteiger partial charge on any atom is 0.223 e. The largest absolute Gasteiger partial charge is 0.356 e. The fourth-order valence-electron chi connectivity index (χ4n) is 3.80. The Morgan fingerprint density at radius 3 is 2.68 bits per heavy atom. The highest BCUT2D eigenvalue weighted by atomic mass is 127. The van der Waals surface area contributed by atoms with Gasteiger partial charge in [-0.3, -0.25) is 9.79 Å². The van der Waals surface area contributed by atoms with E-state index in [1.165, 1.54) is 12.1 Å². The van der Waals surface area contributed by atoms with Crippen molar-refractivity contribution in [2.75, 3.05) is 33.7 Å². The molecule has 1 aromatic heterocycles. The van der Waals surface area contributed by atoms with Gasteiger partial charge in [0, 0.05) is 51.3 Å². The number of halogens is 2. The average molecular weight is 498 g/mol. The summed E-state index contributed by atoms with van der Waals surface area (Å²) in [6.07, 6.45) is 4.20. The number of amides is 1. The number of rotatable bonds is 4. The Kier molecular flexibility index (Phi) is 6.21. The van der Waals surface area contributed by atoms with Gasteiger partial charge in [-0.2, -0.15) is 5.10 Å². The number of aromatic nitrogens is 2. The van der Waals surface area contributed by atoms with Crippen molar-refractivity contribution in [3.63, 3.8) is 0 Å². The molecule has 4 rings (SSSR count). The first-order valence-electron chi connectivity index (χ1n) is 9.08. The van der Waals surface area contributed by atoms with Crippen molar-refractivity contribution in [1.29, 1.82) is 0 Å². The van der Waals surface area contributed by atoms with Crippen LogP contribution in [0.1, 0.15) is 18.0 Å². The van der Waals surface area contributed by atoms with Gasteiger partial charge in [-0.15, -0.1) is 24.0 Å². The zero-order valence-corrected chi connectivity index (χ0v) is 18.2. The molecule has 2 aliphatic rings. The van der Waals surface area contributed by atoms with Crippen LogP contribution in [0, 0.1) is 11.7 Å². The summed E-state index contributed by atoms with van der Waals surface area (Å²) in [6, 6.07) is 6.14. The van der Waals surface area contributed by atoms with Gasteiger partial charge in [0.25, 0.3) is 0 Å². The van der Waals surface area contributed by atoms with Gasteiger partial charge in [0.05, 0.1) is 24.5 Å². The first-order valence-corrected chi connectivity index (χ1v) is 9.08. The van der Waals surface area contributed by atoms with Crippen LogP contribution in [0.25, 0.3) is 5.69 Å². The number of benzene rings is 1. The molecule has 2 atom stereocenters. The normalized spacial score (nSPS) is 21.7. The lowest BCUT2D eigenvalue weighted by Crippen LogP contribution is -2.39. The molecule has 1 saturated heterocycles. The minimum Gasteiger partial charge on any atom is -0.356 e. The van der Waals surface area contributed by atoms with E-state index in [1.807, 2.05) is 20.3 Å². The second kappa shape index (κ2) is 8.46. The van der Waals surface area contributed by atoms with Crippen LogP contribution in [0.2, 0.25) is 0 Å². The number of hydrogen-bond acceptors (Lipinski definition) is 5. The fourth-order valence-corrected chi connectivity index (χ4v) is 3.80. The molecule has 1 fully saturated rings. The summed E-state index contributed by atoms with van der Waals surface area (Å²) in [4.78, 5) is 20.7. The Labute approximate surface area is 180 Å². The highest BCUT2D eigenvalue weighted by Crippen LogP contribution is 2.36. The summed E-state index contributed by atoms with van der Waals surface area (Å²) in [6.45, 7) is 2.39. The zero-order chi connectivity index (χ0) is 19.0. The summed E-state index contributed by atoms with van der Waals surface area (Å²) in [5.74, 6) is 0.865. The highest BCUT2D eigenvalue weighted by Gasteiger charge is 2.39. The standard InChI is InChI=1S/C19H23FN6O.HI/c1-24-8-7-21-19(24)22-10-13-9-17(27)25(2)18(13)14-11-23-26(12-14)16-5-3-15(20)4-6-16;/h3-6,11-13,18H,7-10H2,1-2H3,(H,21,22);1H/t13-,18+;/m0./s1. The predicted octanol–water partition coefficient (Wildman–Crippen LogP) is 2.04. The molecule has 0 spiro atoms. The van der Waals surface area contributed by atoms with Crippen molar-refractivity contribution < 1.29 is 9.18 Å². The SMILES string of the molecule is CN1CCN=C1NC[C@@H]1CC(=O)N(C)[C@H]1c1cnn(-c2ccc(F)cc2)c1.I. The number of likely N-dealkylation sites (N-methyl/N-ethyl adjacent to an activating group) is 1. The van der Waals surface area contributed by atoms with E-state index in [-0.39, 0.29) is 47.7 Å². The van der Waals surface area contributed by atoms with Crippen LogP contribution in [0.3, 0.4) is 0 Å². The quantitative estimate of drug-likeness (QED) is 0.656. The van der Waals surface area contributed by atoms with E-state index in [0.717, 1.165) is 30.3 Å². The van der Waals surface area contributed by atoms with Gasteiger partial charge in [-0.1, -0.05) is 0 Å². The van der Waals surface area contributed by atoms with Crippen LogP contribution < -0.4 is 5.32 Å². The van der Waals surface area contributed by atoms with Gasteiger partial charge in [-0.25, -0.2) is 9.07 Å². The monoisotopic (exact) mass is 498 g/mol. The van der Waals surface area contributed by atoms with E-state index < -0.39 is 0 Å². The number of carbonyl (C=O) groups excluding carboxylic acids is 1. The third kappa shape index (κ3) is 3.98. The van der Waals surface area contributed by atoms with E-state index in [1.54, 1.807) is 27.9 Å². The van der Waals surface area contributed by atoms with Crippen LogP contribution in [0.4, 0.5) is 4.39 Å². The summed E-state index contributed by atoms with van der Waals surface area (Å²) in [5, 5.41) is 7.80. The van der Waals surface area contributed by atoms with Crippen LogP contribution in [-0.2, 0) is 4.79 Å². The van der Waals surface area contributed by atoms with E-state index >= 15 is 0 Å². The molecule has 1 N–H and O–H groups in total. The number of likely N-dealkylation sites (tertiary alicyclic amines) is 1. The van der Waals surface area contributed by atoms with Crippen molar-refractivity contribution in [2.45, 2.75) is 12.5 Å². The van der Waals surface area contributed by atoms with Gasteiger partial charge in [0.15, 0.2) is 5.96 Å². The van der Waals surface area contributed by atoms with E-state index in [9.17, 15) is 9.18 Å². The van der Waals surface area contributed by atoms with Crippen LogP contribution in [0.5, 0.6) is 0 Å². The first-order chi connectivity index (χ1) is 13.0. The molecule has 0 saturated carbocycles. The fraction of sp³-hybridized carbons (Fsp3) is 0.421. The molecule has 28 heavy (non-hydrogen) atoms. The Bertz CT molecular complexity index is 868. The number of hydrogen-bond donors (Lipinski definition) is 1. The maximum absolute atomic E-state index is 13.1. The molecule has 2 aromatic rings. The van der Waals surface area contributed by atoms with Gasteiger partial charge in [-0.05, 0) is 24.3 Å². The first kappa shape index (κ1) is 20.6. The Balaban J connectivity index is 0.00000225. The lowest BCUT2D eigenvalue weighted by molar-refractivity contribution is -0.127. The molecule has 150 valence electrons. The number of aliphatic imine (C=N–C) groups is 1. The molecule has 9 heteroatoms. The Hall–Kier alpha value is -2.17. The van der Waals surface area contributed by atoms with E-state index in [2.05, 4.69) is 20.3 Å². The lowest BCUT2D eigenvalue weighted by Gasteiger charge is -2.25. The minimum absolute atomic E-state index is 0. The molecule has 0 bridgehead atoms. The molecule has 7 nitrogen and oxygen atoms in total. The van der Waals surface area contributed by atoms with Crippen molar-refractivity contribution in [3.8, 4) is 5.69 Å². The molecule has 3 heterocycles. The molecular formula is C19H24FIN6O. The van der Waals surface area contributed by atoms with Gasteiger partial charge >= 0.3 is 0 Å². The second-order valence-corrected chi connectivity index (χ2v) is 7.12. The average Bonchev–Trinajstić information content (AvgIpc) is 3.35. The van der Waals surface area contributed by atoms with Crippen molar-refractivity contribution >= 4 is 35.8 Å². The molecule has 2 aliphatic heterocycles. The number of nitrogens with zero attached hydrogens (tertiary/aromatic N) is 5. The molecule has 1 aromatic carbocycles. The maximum atomic E-state index is 13.1. The minimum atomic E-state index is -0.279. The number of carbonyl (C=O) groups is 1. The summed E-state index contributed by atoms with van der Waals surface area (Å²) >= 11 is 0. The topological polar surface area (TPSA) is 65.8 Å². The van der Waals surface area contributed by atoms with Gasteiger partial charge < -0.3 is 15.1 Å². The Morgan fingerprint density at radius 1 is 1.25 bits per heavy atom. The smallest absolute Gasteiger partial charge is 0.223 e. The Morgan fingerprint density at radius 2 is 2.00 bits per heavy atom. The molecule has 0 radical (unpaired) electrons. The molecule has 0 aliphatic carbocycles. The van der Waals surface area contributed by atoms with E-state index in [4.69, 9.17) is 0 Å². The molecule has 1 amide bonds. The number of guanidine groups is 1. The molecule has 0 unspecified atom stereocenters. The van der Waals surface area contributed by atoms with Crippen LogP contribution >= 0.6 is 24.0 Å². The van der Waals surface area contributed by atoms with Crippen molar-refractivity contribution in [3.05, 3.63) is 48.0 Å². The zero-order valence-electron chi connectivity index (χ0n) is 15.9. The summed E-state index contributed by atoms with van der Waals surface area (Å²) in [5.41, 5.74) is 1.76. The van der Waals surface area contributed by atoms with Gasteiger partial charge in [0.2, 0.25) is 5.91 Å². The third-order valence-corrected chi connectivity index (χ3v) is 5.31. The van der Waals surface area contributed by atoms with Gasteiger partial charge in [0.1, 0.15) is 5.82 Å².